The topological polar surface area (TPSA) is 38.3 Å². The Balaban J connectivity index is 1.51. The minimum absolute atomic E-state index is 0.119. The van der Waals surface area contributed by atoms with E-state index in [1.807, 2.05) is 66.7 Å². The van der Waals surface area contributed by atoms with Gasteiger partial charge in [0.05, 0.1) is 5.69 Å². The maximum absolute atomic E-state index is 12.2. The van der Waals surface area contributed by atoms with Crippen LogP contribution >= 0.6 is 11.6 Å². The Morgan fingerprint density at radius 3 is 2.50 bits per heavy atom. The van der Waals surface area contributed by atoms with Crippen molar-refractivity contribution in [2.24, 2.45) is 0 Å². The molecule has 1 heterocycles. The van der Waals surface area contributed by atoms with E-state index in [4.69, 9.17) is 16.3 Å². The smallest absolute Gasteiger partial charge is 0.256 e. The molecule has 0 unspecified atom stereocenters. The molecule has 4 rings (SSSR count). The zero-order valence-corrected chi connectivity index (χ0v) is 14.7. The Bertz CT molecular complexity index is 979. The van der Waals surface area contributed by atoms with Crippen LogP contribution in [0.4, 0.5) is 5.69 Å². The normalized spacial score (nSPS) is 14.2. The summed E-state index contributed by atoms with van der Waals surface area (Å²) < 4.78 is 5.79. The standard InChI is InChI=1S/C22H16ClNO2/c23-17-8-11-19-20(22(25)24-21(19)13-17)12-15-6-9-18(10-7-15)26-14-16-4-2-1-3-5-16/h1-13H,14H2,(H,24,25)/b20-12+. The van der Waals surface area contributed by atoms with Crippen LogP contribution in [-0.2, 0) is 11.4 Å². The molecule has 128 valence electrons. The maximum atomic E-state index is 12.2. The molecule has 0 aliphatic carbocycles. The van der Waals surface area contributed by atoms with Crippen LogP contribution < -0.4 is 10.1 Å². The fourth-order valence-electron chi connectivity index (χ4n) is 2.88. The molecule has 1 amide bonds. The Labute approximate surface area is 156 Å². The average molecular weight is 362 g/mol. The first-order valence-electron chi connectivity index (χ1n) is 8.29. The molecule has 0 spiro atoms. The number of hydrogen-bond acceptors (Lipinski definition) is 2. The predicted octanol–water partition coefficient (Wildman–Crippen LogP) is 5.41. The highest BCUT2D eigenvalue weighted by Crippen LogP contribution is 2.35. The SMILES string of the molecule is O=C1Nc2cc(Cl)ccc2/C1=C\c1ccc(OCc2ccccc2)cc1. The summed E-state index contributed by atoms with van der Waals surface area (Å²) in [5, 5.41) is 3.44. The third-order valence-corrected chi connectivity index (χ3v) is 4.44. The lowest BCUT2D eigenvalue weighted by atomic mass is 10.0. The van der Waals surface area contributed by atoms with Gasteiger partial charge in [-0.05, 0) is 41.5 Å². The van der Waals surface area contributed by atoms with E-state index in [-0.39, 0.29) is 5.91 Å². The number of carbonyl (C=O) groups excluding carboxylic acids is 1. The number of fused-ring (bicyclic) bond motifs is 1. The summed E-state index contributed by atoms with van der Waals surface area (Å²) in [4.78, 5) is 12.2. The number of benzene rings is 3. The molecular weight excluding hydrogens is 346 g/mol. The minimum atomic E-state index is -0.119. The van der Waals surface area contributed by atoms with Gasteiger partial charge in [-0.1, -0.05) is 60.1 Å². The molecule has 4 heteroatoms. The summed E-state index contributed by atoms with van der Waals surface area (Å²) in [6, 6.07) is 23.1. The van der Waals surface area contributed by atoms with Crippen molar-refractivity contribution in [3.63, 3.8) is 0 Å². The van der Waals surface area contributed by atoms with Gasteiger partial charge in [0.25, 0.3) is 5.91 Å². The van der Waals surface area contributed by atoms with Crippen LogP contribution in [0.25, 0.3) is 11.6 Å². The number of hydrogen-bond donors (Lipinski definition) is 1. The molecule has 0 aromatic heterocycles. The van der Waals surface area contributed by atoms with E-state index in [1.54, 1.807) is 12.1 Å². The number of rotatable bonds is 4. The molecule has 0 fully saturated rings. The Morgan fingerprint density at radius 1 is 0.962 bits per heavy atom. The second-order valence-electron chi connectivity index (χ2n) is 6.05. The first kappa shape index (κ1) is 16.4. The fourth-order valence-corrected chi connectivity index (χ4v) is 3.05. The van der Waals surface area contributed by atoms with E-state index in [1.165, 1.54) is 0 Å². The Hall–Kier alpha value is -3.04. The summed E-state index contributed by atoms with van der Waals surface area (Å²) in [5.74, 6) is 0.672. The van der Waals surface area contributed by atoms with Gasteiger partial charge in [0, 0.05) is 16.2 Å². The van der Waals surface area contributed by atoms with Crippen molar-refractivity contribution in [1.29, 1.82) is 0 Å². The van der Waals surface area contributed by atoms with Crippen LogP contribution in [0.15, 0.2) is 72.8 Å². The molecular formula is C22H16ClNO2. The number of anilines is 1. The van der Waals surface area contributed by atoms with E-state index in [0.29, 0.717) is 17.2 Å². The van der Waals surface area contributed by atoms with E-state index >= 15 is 0 Å². The average Bonchev–Trinajstić information content (AvgIpc) is 2.96. The zero-order valence-electron chi connectivity index (χ0n) is 13.9. The summed E-state index contributed by atoms with van der Waals surface area (Å²) in [5.41, 5.74) is 4.30. The number of ether oxygens (including phenoxy) is 1. The van der Waals surface area contributed by atoms with E-state index in [9.17, 15) is 4.79 Å². The molecule has 0 saturated heterocycles. The molecule has 0 radical (unpaired) electrons. The zero-order chi connectivity index (χ0) is 17.9. The minimum Gasteiger partial charge on any atom is -0.489 e. The van der Waals surface area contributed by atoms with Gasteiger partial charge in [-0.3, -0.25) is 4.79 Å². The lowest BCUT2D eigenvalue weighted by molar-refractivity contribution is -0.110. The number of halogens is 1. The lowest BCUT2D eigenvalue weighted by Gasteiger charge is -2.06. The van der Waals surface area contributed by atoms with Gasteiger partial charge in [0.15, 0.2) is 0 Å². The second kappa shape index (κ2) is 7.06. The van der Waals surface area contributed by atoms with Gasteiger partial charge in [0.2, 0.25) is 0 Å². The molecule has 1 aliphatic heterocycles. The van der Waals surface area contributed by atoms with Crippen LogP contribution in [0.3, 0.4) is 0 Å². The molecule has 0 atom stereocenters. The summed E-state index contributed by atoms with van der Waals surface area (Å²) in [6.07, 6.45) is 1.87. The molecule has 3 nitrogen and oxygen atoms in total. The van der Waals surface area contributed by atoms with Crippen molar-refractivity contribution in [1.82, 2.24) is 0 Å². The Kier molecular flexibility index (Phi) is 4.46. The molecule has 0 bridgehead atoms. The van der Waals surface area contributed by atoms with Crippen molar-refractivity contribution in [3.05, 3.63) is 94.5 Å². The van der Waals surface area contributed by atoms with Crippen LogP contribution in [0.2, 0.25) is 5.02 Å². The summed E-state index contributed by atoms with van der Waals surface area (Å²) >= 11 is 5.99. The van der Waals surface area contributed by atoms with Crippen molar-refractivity contribution < 1.29 is 9.53 Å². The highest BCUT2D eigenvalue weighted by Gasteiger charge is 2.23. The van der Waals surface area contributed by atoms with Gasteiger partial charge >= 0.3 is 0 Å². The number of nitrogens with one attached hydrogen (secondary N) is 1. The highest BCUT2D eigenvalue weighted by atomic mass is 35.5. The summed E-state index contributed by atoms with van der Waals surface area (Å²) in [6.45, 7) is 0.526. The van der Waals surface area contributed by atoms with Crippen molar-refractivity contribution in [3.8, 4) is 5.75 Å². The van der Waals surface area contributed by atoms with E-state index in [2.05, 4.69) is 5.32 Å². The molecule has 3 aromatic carbocycles. The maximum Gasteiger partial charge on any atom is 0.256 e. The fraction of sp³-hybridized carbons (Fsp3) is 0.0455. The van der Waals surface area contributed by atoms with E-state index < -0.39 is 0 Å². The van der Waals surface area contributed by atoms with Gasteiger partial charge in [-0.15, -0.1) is 0 Å². The van der Waals surface area contributed by atoms with Crippen LogP contribution in [0.1, 0.15) is 16.7 Å². The summed E-state index contributed by atoms with van der Waals surface area (Å²) in [7, 11) is 0. The van der Waals surface area contributed by atoms with Crippen molar-refractivity contribution in [2.75, 3.05) is 5.32 Å². The third kappa shape index (κ3) is 3.48. The molecule has 3 aromatic rings. The lowest BCUT2D eigenvalue weighted by Crippen LogP contribution is -2.03. The number of carbonyl (C=O) groups is 1. The first-order chi connectivity index (χ1) is 12.7. The van der Waals surface area contributed by atoms with Crippen molar-refractivity contribution in [2.45, 2.75) is 6.61 Å². The van der Waals surface area contributed by atoms with Crippen LogP contribution in [0.5, 0.6) is 5.75 Å². The quantitative estimate of drug-likeness (QED) is 0.631. The van der Waals surface area contributed by atoms with Crippen molar-refractivity contribution >= 4 is 34.8 Å². The molecule has 1 aliphatic rings. The largest absolute Gasteiger partial charge is 0.489 e. The first-order valence-corrected chi connectivity index (χ1v) is 8.66. The van der Waals surface area contributed by atoms with Gasteiger partial charge in [-0.2, -0.15) is 0 Å². The van der Waals surface area contributed by atoms with E-state index in [0.717, 1.165) is 28.1 Å². The molecule has 26 heavy (non-hydrogen) atoms. The number of amides is 1. The van der Waals surface area contributed by atoms with Gasteiger partial charge < -0.3 is 10.1 Å². The van der Waals surface area contributed by atoms with Gasteiger partial charge in [0.1, 0.15) is 12.4 Å². The molecule has 1 N–H and O–H groups in total. The predicted molar refractivity (Wildman–Crippen MR) is 105 cm³/mol. The monoisotopic (exact) mass is 361 g/mol. The van der Waals surface area contributed by atoms with Crippen LogP contribution in [0, 0.1) is 0 Å². The second-order valence-corrected chi connectivity index (χ2v) is 6.48. The third-order valence-electron chi connectivity index (χ3n) is 4.20. The van der Waals surface area contributed by atoms with Gasteiger partial charge in [-0.25, -0.2) is 0 Å². The highest BCUT2D eigenvalue weighted by molar-refractivity contribution is 6.36. The molecule has 0 saturated carbocycles. The Morgan fingerprint density at radius 2 is 1.73 bits per heavy atom. The van der Waals surface area contributed by atoms with Crippen LogP contribution in [-0.4, -0.2) is 5.91 Å².